The summed E-state index contributed by atoms with van der Waals surface area (Å²) in [6.07, 6.45) is 34.5. The van der Waals surface area contributed by atoms with E-state index in [0.29, 0.717) is 37.9 Å². The highest BCUT2D eigenvalue weighted by atomic mass is 16.5. The molecule has 0 bridgehead atoms. The predicted octanol–water partition coefficient (Wildman–Crippen LogP) is 12.4. The molecular weight excluding hydrogens is 622 g/mol. The van der Waals surface area contributed by atoms with E-state index >= 15 is 0 Å². The van der Waals surface area contributed by atoms with Crippen LogP contribution in [0.1, 0.15) is 220 Å². The van der Waals surface area contributed by atoms with Gasteiger partial charge in [-0.2, -0.15) is 0 Å². The van der Waals surface area contributed by atoms with Gasteiger partial charge < -0.3 is 19.5 Å². The number of ether oxygens (including phenoxy) is 2. The topological polar surface area (TPSA) is 76.1 Å². The third-order valence-electron chi connectivity index (χ3n) is 10.4. The molecule has 298 valence electrons. The van der Waals surface area contributed by atoms with E-state index < -0.39 is 0 Å². The van der Waals surface area contributed by atoms with Gasteiger partial charge in [0, 0.05) is 19.4 Å². The van der Waals surface area contributed by atoms with Gasteiger partial charge >= 0.3 is 11.9 Å². The van der Waals surface area contributed by atoms with Crippen LogP contribution < -0.4 is 0 Å². The van der Waals surface area contributed by atoms with Gasteiger partial charge in [-0.25, -0.2) is 0 Å². The van der Waals surface area contributed by atoms with Gasteiger partial charge in [-0.05, 0) is 82.8 Å². The van der Waals surface area contributed by atoms with Gasteiger partial charge in [0.1, 0.15) is 0 Å². The molecule has 0 saturated heterocycles. The molecule has 0 rings (SSSR count). The van der Waals surface area contributed by atoms with E-state index in [0.717, 1.165) is 45.3 Å². The molecule has 6 nitrogen and oxygen atoms in total. The van der Waals surface area contributed by atoms with Crippen LogP contribution in [-0.4, -0.2) is 61.4 Å². The fourth-order valence-electron chi connectivity index (χ4n) is 7.01. The zero-order valence-electron chi connectivity index (χ0n) is 34.1. The molecule has 50 heavy (non-hydrogen) atoms. The van der Waals surface area contributed by atoms with Crippen molar-refractivity contribution in [2.75, 3.05) is 39.5 Å². The van der Waals surface area contributed by atoms with Crippen LogP contribution in [0.5, 0.6) is 0 Å². The lowest BCUT2D eigenvalue weighted by Gasteiger charge is -2.22. The summed E-state index contributed by atoms with van der Waals surface area (Å²) in [4.78, 5) is 27.8. The molecule has 0 aromatic rings. The Hall–Kier alpha value is -1.14. The fraction of sp³-hybridized carbons (Fsp3) is 0.955. The molecule has 2 atom stereocenters. The largest absolute Gasteiger partial charge is 0.465 e. The number of aliphatic hydroxyl groups is 1. The lowest BCUT2D eigenvalue weighted by Crippen LogP contribution is -2.28. The van der Waals surface area contributed by atoms with Gasteiger partial charge in [0.05, 0.1) is 13.2 Å². The Morgan fingerprint density at radius 1 is 0.440 bits per heavy atom. The zero-order valence-corrected chi connectivity index (χ0v) is 34.1. The number of carbonyl (C=O) groups excluding carboxylic acids is 2. The SMILES string of the molecule is CCCCCCCCC(CCCCCC)COC(=O)CCCN(CCCCO)CCCC(=O)OCC(CCCCCC)CCCCCCCC. The molecule has 0 aliphatic heterocycles. The van der Waals surface area contributed by atoms with Crippen LogP contribution in [0, 0.1) is 11.8 Å². The molecule has 0 aromatic heterocycles. The Bertz CT molecular complexity index is 663. The molecule has 0 radical (unpaired) electrons. The maximum Gasteiger partial charge on any atom is 0.305 e. The number of aliphatic hydroxyl groups excluding tert-OH is 1. The molecule has 0 amide bonds. The first-order valence-corrected chi connectivity index (χ1v) is 22.1. The van der Waals surface area contributed by atoms with Crippen LogP contribution in [-0.2, 0) is 19.1 Å². The molecule has 0 aliphatic carbocycles. The van der Waals surface area contributed by atoms with Crippen LogP contribution in [0.15, 0.2) is 0 Å². The second-order valence-electron chi connectivity index (χ2n) is 15.4. The Balaban J connectivity index is 4.60. The average Bonchev–Trinajstić information content (AvgIpc) is 3.11. The second kappa shape index (κ2) is 39.1. The standard InChI is InChI=1S/C44H87NO5/c1-5-9-13-17-19-23-31-41(29-21-15-11-7-3)39-49-43(47)33-27-36-45(35-25-26-38-46)37-28-34-44(48)50-40-42(30-22-16-12-8-4)32-24-20-18-14-10-6-2/h41-42,46H,5-40H2,1-4H3. The minimum atomic E-state index is -0.0735. The maximum absolute atomic E-state index is 12.7. The number of esters is 2. The Labute approximate surface area is 312 Å². The van der Waals surface area contributed by atoms with Crippen LogP contribution in [0.25, 0.3) is 0 Å². The minimum Gasteiger partial charge on any atom is -0.465 e. The maximum atomic E-state index is 12.7. The normalized spacial score (nSPS) is 12.8. The van der Waals surface area contributed by atoms with Gasteiger partial charge in [-0.1, -0.05) is 156 Å². The van der Waals surface area contributed by atoms with E-state index in [2.05, 4.69) is 32.6 Å². The summed E-state index contributed by atoms with van der Waals surface area (Å²) >= 11 is 0. The number of hydrogen-bond acceptors (Lipinski definition) is 6. The molecule has 0 saturated carbocycles. The first-order valence-electron chi connectivity index (χ1n) is 22.1. The Morgan fingerprint density at radius 3 is 1.12 bits per heavy atom. The lowest BCUT2D eigenvalue weighted by atomic mass is 9.95. The monoisotopic (exact) mass is 710 g/mol. The van der Waals surface area contributed by atoms with Crippen LogP contribution in [0.4, 0.5) is 0 Å². The summed E-state index contributed by atoms with van der Waals surface area (Å²) in [6.45, 7) is 12.9. The van der Waals surface area contributed by atoms with E-state index in [1.807, 2.05) is 0 Å². The quantitative estimate of drug-likeness (QED) is 0.0504. The number of carbonyl (C=O) groups is 2. The minimum absolute atomic E-state index is 0.0735. The van der Waals surface area contributed by atoms with Gasteiger partial charge in [-0.3, -0.25) is 9.59 Å². The van der Waals surface area contributed by atoms with E-state index in [-0.39, 0.29) is 18.5 Å². The number of hydrogen-bond donors (Lipinski definition) is 1. The highest BCUT2D eigenvalue weighted by Crippen LogP contribution is 2.21. The number of nitrogens with zero attached hydrogens (tertiary/aromatic N) is 1. The second-order valence-corrected chi connectivity index (χ2v) is 15.4. The Kier molecular flexibility index (Phi) is 38.2. The van der Waals surface area contributed by atoms with E-state index in [4.69, 9.17) is 9.47 Å². The molecule has 6 heteroatoms. The number of rotatable bonds is 40. The van der Waals surface area contributed by atoms with Crippen molar-refractivity contribution in [3.63, 3.8) is 0 Å². The zero-order chi connectivity index (χ0) is 36.8. The molecule has 0 aromatic carbocycles. The van der Waals surface area contributed by atoms with Crippen LogP contribution in [0.3, 0.4) is 0 Å². The van der Waals surface area contributed by atoms with Crippen molar-refractivity contribution >= 4 is 11.9 Å². The molecular formula is C44H87NO5. The van der Waals surface area contributed by atoms with Crippen molar-refractivity contribution in [1.29, 1.82) is 0 Å². The lowest BCUT2D eigenvalue weighted by molar-refractivity contribution is -0.146. The summed E-state index contributed by atoms with van der Waals surface area (Å²) in [5.74, 6) is 0.832. The summed E-state index contributed by atoms with van der Waals surface area (Å²) < 4.78 is 11.7. The summed E-state index contributed by atoms with van der Waals surface area (Å²) in [7, 11) is 0. The molecule has 0 fully saturated rings. The highest BCUT2D eigenvalue weighted by Gasteiger charge is 2.15. The van der Waals surface area contributed by atoms with E-state index in [1.54, 1.807) is 0 Å². The summed E-state index contributed by atoms with van der Waals surface area (Å²) in [6, 6.07) is 0. The molecule has 0 heterocycles. The van der Waals surface area contributed by atoms with Gasteiger partial charge in [0.15, 0.2) is 0 Å². The number of unbranched alkanes of at least 4 members (excludes halogenated alkanes) is 17. The predicted molar refractivity (Wildman–Crippen MR) is 214 cm³/mol. The van der Waals surface area contributed by atoms with Crippen molar-refractivity contribution in [1.82, 2.24) is 4.90 Å². The van der Waals surface area contributed by atoms with Crippen molar-refractivity contribution in [2.45, 2.75) is 220 Å². The third-order valence-corrected chi connectivity index (χ3v) is 10.4. The first kappa shape index (κ1) is 48.9. The first-order chi connectivity index (χ1) is 24.5. The highest BCUT2D eigenvalue weighted by molar-refractivity contribution is 5.69. The third kappa shape index (κ3) is 34.0. The van der Waals surface area contributed by atoms with Crippen LogP contribution in [0.2, 0.25) is 0 Å². The smallest absolute Gasteiger partial charge is 0.305 e. The van der Waals surface area contributed by atoms with Gasteiger partial charge in [-0.15, -0.1) is 0 Å². The Morgan fingerprint density at radius 2 is 0.760 bits per heavy atom. The van der Waals surface area contributed by atoms with Crippen molar-refractivity contribution in [2.24, 2.45) is 11.8 Å². The van der Waals surface area contributed by atoms with Crippen LogP contribution >= 0.6 is 0 Å². The molecule has 2 unspecified atom stereocenters. The molecule has 1 N–H and O–H groups in total. The van der Waals surface area contributed by atoms with E-state index in [9.17, 15) is 14.7 Å². The fourth-order valence-corrected chi connectivity index (χ4v) is 7.01. The van der Waals surface area contributed by atoms with E-state index in [1.165, 1.54) is 154 Å². The molecule has 0 aliphatic rings. The average molecular weight is 710 g/mol. The summed E-state index contributed by atoms with van der Waals surface area (Å²) in [5, 5.41) is 9.31. The van der Waals surface area contributed by atoms with Crippen molar-refractivity contribution in [3.8, 4) is 0 Å². The summed E-state index contributed by atoms with van der Waals surface area (Å²) in [5.41, 5.74) is 0. The van der Waals surface area contributed by atoms with Crippen molar-refractivity contribution < 1.29 is 24.2 Å². The van der Waals surface area contributed by atoms with Crippen molar-refractivity contribution in [3.05, 3.63) is 0 Å². The van der Waals surface area contributed by atoms with Gasteiger partial charge in [0.2, 0.25) is 0 Å². The molecule has 0 spiro atoms. The van der Waals surface area contributed by atoms with Gasteiger partial charge in [0.25, 0.3) is 0 Å².